The van der Waals surface area contributed by atoms with Crippen molar-refractivity contribution in [3.8, 4) is 0 Å². The summed E-state index contributed by atoms with van der Waals surface area (Å²) in [6, 6.07) is 14.7. The summed E-state index contributed by atoms with van der Waals surface area (Å²) in [6.45, 7) is 0. The van der Waals surface area contributed by atoms with Gasteiger partial charge in [-0.3, -0.25) is 14.9 Å². The molecule has 1 aliphatic rings. The molecule has 3 rings (SSSR count). The van der Waals surface area contributed by atoms with Gasteiger partial charge in [-0.15, -0.1) is 12.4 Å². The number of halogens is 1. The summed E-state index contributed by atoms with van der Waals surface area (Å²) in [7, 11) is 0. The Morgan fingerprint density at radius 2 is 1.58 bits per heavy atom. The molecule has 0 spiro atoms. The van der Waals surface area contributed by atoms with Crippen molar-refractivity contribution in [1.82, 2.24) is 5.32 Å². The molecule has 96 valence electrons. The molecule has 0 radical (unpaired) electrons. The summed E-state index contributed by atoms with van der Waals surface area (Å²) in [5.41, 5.74) is 2.34. The molecule has 0 unspecified atom stereocenters. The largest absolute Gasteiger partial charge is 0.355 e. The minimum atomic E-state index is -0.353. The molecule has 0 fully saturated rings. The zero-order chi connectivity index (χ0) is 12.5. The second-order valence-corrected chi connectivity index (χ2v) is 4.00. The van der Waals surface area contributed by atoms with Crippen molar-refractivity contribution in [3.63, 3.8) is 0 Å². The Balaban J connectivity index is 0.00000133. The highest BCUT2D eigenvalue weighted by Gasteiger charge is 2.29. The van der Waals surface area contributed by atoms with Gasteiger partial charge in [-0.25, -0.2) is 0 Å². The maximum Gasteiger partial charge on any atom is 0.261 e. The van der Waals surface area contributed by atoms with Gasteiger partial charge < -0.3 is 5.32 Å². The molecule has 2 aromatic rings. The lowest BCUT2D eigenvalue weighted by molar-refractivity contribution is 0.0880. The van der Waals surface area contributed by atoms with Crippen LogP contribution in [0.25, 0.3) is 0 Å². The van der Waals surface area contributed by atoms with Crippen LogP contribution in [0.15, 0.2) is 48.5 Å². The van der Waals surface area contributed by atoms with Gasteiger partial charge in [-0.1, -0.05) is 24.3 Å². The van der Waals surface area contributed by atoms with Crippen molar-refractivity contribution in [2.24, 2.45) is 0 Å². The molecule has 2 aromatic carbocycles. The summed E-state index contributed by atoms with van der Waals surface area (Å²) < 4.78 is 0. The molecule has 1 aliphatic heterocycles. The van der Waals surface area contributed by atoms with Crippen molar-refractivity contribution < 1.29 is 9.59 Å². The van der Waals surface area contributed by atoms with E-state index in [-0.39, 0.29) is 24.2 Å². The summed E-state index contributed by atoms with van der Waals surface area (Å²) >= 11 is 0. The van der Waals surface area contributed by atoms with Crippen LogP contribution in [0.1, 0.15) is 20.7 Å². The Labute approximate surface area is 116 Å². The van der Waals surface area contributed by atoms with E-state index in [9.17, 15) is 9.59 Å². The fraction of sp³-hybridized carbons (Fsp3) is 0. The number of para-hydroxylation sites is 1. The van der Waals surface area contributed by atoms with Gasteiger partial charge in [0.1, 0.15) is 0 Å². The Hall–Kier alpha value is -2.33. The van der Waals surface area contributed by atoms with E-state index in [0.29, 0.717) is 16.8 Å². The molecule has 1 heterocycles. The lowest BCUT2D eigenvalue weighted by atomic mass is 10.1. The first-order valence-corrected chi connectivity index (χ1v) is 5.56. The number of rotatable bonds is 2. The highest BCUT2D eigenvalue weighted by molar-refractivity contribution is 6.24. The fourth-order valence-electron chi connectivity index (χ4n) is 2.00. The molecule has 4 nitrogen and oxygen atoms in total. The summed E-state index contributed by atoms with van der Waals surface area (Å²) in [6.07, 6.45) is 0. The number of imide groups is 1. The van der Waals surface area contributed by atoms with E-state index in [1.165, 1.54) is 0 Å². The number of amides is 2. The molecule has 2 amide bonds. The quantitative estimate of drug-likeness (QED) is 0.828. The smallest absolute Gasteiger partial charge is 0.261 e. The zero-order valence-corrected chi connectivity index (χ0v) is 10.7. The second kappa shape index (κ2) is 5.12. The van der Waals surface area contributed by atoms with Crippen molar-refractivity contribution in [3.05, 3.63) is 59.7 Å². The summed E-state index contributed by atoms with van der Waals surface area (Å²) in [5.74, 6) is -0.694. The summed E-state index contributed by atoms with van der Waals surface area (Å²) in [5, 5.41) is 5.43. The molecule has 0 saturated heterocycles. The van der Waals surface area contributed by atoms with E-state index in [1.807, 2.05) is 30.3 Å². The summed E-state index contributed by atoms with van der Waals surface area (Å²) in [4.78, 5) is 23.2. The van der Waals surface area contributed by atoms with Gasteiger partial charge in [0, 0.05) is 5.69 Å². The first kappa shape index (κ1) is 13.1. The topological polar surface area (TPSA) is 58.2 Å². The Kier molecular flexibility index (Phi) is 3.53. The lowest BCUT2D eigenvalue weighted by Gasteiger charge is -2.08. The van der Waals surface area contributed by atoms with Gasteiger partial charge in [0.05, 0.1) is 16.8 Å². The molecule has 0 aliphatic carbocycles. The van der Waals surface area contributed by atoms with Crippen LogP contribution in [0.2, 0.25) is 0 Å². The van der Waals surface area contributed by atoms with Crippen LogP contribution in [-0.2, 0) is 0 Å². The van der Waals surface area contributed by atoms with E-state index in [2.05, 4.69) is 10.6 Å². The number of carbonyl (C=O) groups excluding carboxylic acids is 2. The molecule has 2 N–H and O–H groups in total. The average molecular weight is 275 g/mol. The van der Waals surface area contributed by atoms with E-state index < -0.39 is 0 Å². The third kappa shape index (κ3) is 2.30. The van der Waals surface area contributed by atoms with Gasteiger partial charge in [0.15, 0.2) is 0 Å². The van der Waals surface area contributed by atoms with Crippen LogP contribution >= 0.6 is 12.4 Å². The molecule has 0 saturated carbocycles. The molecule has 0 aromatic heterocycles. The van der Waals surface area contributed by atoms with E-state index in [0.717, 1.165) is 5.69 Å². The highest BCUT2D eigenvalue weighted by Crippen LogP contribution is 2.26. The number of nitrogens with one attached hydrogen (secondary N) is 2. The SMILES string of the molecule is Cl.O=C1NC(=O)c2c(Nc3ccccc3)cccc21. The molecular formula is C14H11ClN2O2. The molecule has 0 atom stereocenters. The van der Waals surface area contributed by atoms with Gasteiger partial charge in [0.2, 0.25) is 0 Å². The van der Waals surface area contributed by atoms with Crippen LogP contribution in [0.5, 0.6) is 0 Å². The molecule has 0 bridgehead atoms. The van der Waals surface area contributed by atoms with Crippen LogP contribution in [0, 0.1) is 0 Å². The van der Waals surface area contributed by atoms with Crippen molar-refractivity contribution in [2.45, 2.75) is 0 Å². The average Bonchev–Trinajstić information content (AvgIpc) is 2.67. The van der Waals surface area contributed by atoms with Gasteiger partial charge in [0.25, 0.3) is 11.8 Å². The third-order valence-corrected chi connectivity index (χ3v) is 2.82. The van der Waals surface area contributed by atoms with Crippen LogP contribution < -0.4 is 10.6 Å². The maximum atomic E-state index is 11.7. The number of carbonyl (C=O) groups is 2. The zero-order valence-electron chi connectivity index (χ0n) is 9.84. The number of hydrogen-bond acceptors (Lipinski definition) is 3. The normalized spacial score (nSPS) is 12.4. The van der Waals surface area contributed by atoms with Crippen molar-refractivity contribution >= 4 is 35.6 Å². The second-order valence-electron chi connectivity index (χ2n) is 4.00. The Bertz CT molecular complexity index is 641. The number of benzene rings is 2. The Morgan fingerprint density at radius 3 is 2.32 bits per heavy atom. The number of fused-ring (bicyclic) bond motifs is 1. The number of hydrogen-bond donors (Lipinski definition) is 2. The van der Waals surface area contributed by atoms with Crippen molar-refractivity contribution in [2.75, 3.05) is 5.32 Å². The molecule has 19 heavy (non-hydrogen) atoms. The monoisotopic (exact) mass is 274 g/mol. The number of anilines is 2. The predicted octanol–water partition coefficient (Wildman–Crippen LogP) is 2.74. The van der Waals surface area contributed by atoms with E-state index in [1.54, 1.807) is 18.2 Å². The van der Waals surface area contributed by atoms with Gasteiger partial charge >= 0.3 is 0 Å². The lowest BCUT2D eigenvalue weighted by Crippen LogP contribution is -2.20. The first-order chi connectivity index (χ1) is 8.75. The van der Waals surface area contributed by atoms with Crippen LogP contribution in [-0.4, -0.2) is 11.8 Å². The van der Waals surface area contributed by atoms with Gasteiger partial charge in [-0.05, 0) is 24.3 Å². The van der Waals surface area contributed by atoms with E-state index >= 15 is 0 Å². The maximum absolute atomic E-state index is 11.7. The van der Waals surface area contributed by atoms with Crippen molar-refractivity contribution in [1.29, 1.82) is 0 Å². The van der Waals surface area contributed by atoms with Gasteiger partial charge in [-0.2, -0.15) is 0 Å². The van der Waals surface area contributed by atoms with E-state index in [4.69, 9.17) is 0 Å². The van der Waals surface area contributed by atoms with Crippen LogP contribution in [0.4, 0.5) is 11.4 Å². The van der Waals surface area contributed by atoms with Crippen LogP contribution in [0.3, 0.4) is 0 Å². The predicted molar refractivity (Wildman–Crippen MR) is 75.2 cm³/mol. The third-order valence-electron chi connectivity index (χ3n) is 2.82. The standard InChI is InChI=1S/C14H10N2O2.ClH/c17-13-10-7-4-8-11(12(10)14(18)16-13)15-9-5-2-1-3-6-9;/h1-8,15H,(H,16,17,18);1H. The molecule has 5 heteroatoms. The minimum Gasteiger partial charge on any atom is -0.355 e. The first-order valence-electron chi connectivity index (χ1n) is 5.56. The fourth-order valence-corrected chi connectivity index (χ4v) is 2.00. The minimum absolute atomic E-state index is 0. The Morgan fingerprint density at radius 1 is 0.842 bits per heavy atom. The molecular weight excluding hydrogens is 264 g/mol. The highest BCUT2D eigenvalue weighted by atomic mass is 35.5.